The van der Waals surface area contributed by atoms with Gasteiger partial charge in [-0.15, -0.1) is 0 Å². The summed E-state index contributed by atoms with van der Waals surface area (Å²) in [5, 5.41) is 12.4. The summed E-state index contributed by atoms with van der Waals surface area (Å²) in [4.78, 5) is 58.5. The lowest BCUT2D eigenvalue weighted by Gasteiger charge is -2.21. The number of hydrogen-bond acceptors (Lipinski definition) is 5. The van der Waals surface area contributed by atoms with Gasteiger partial charge in [-0.25, -0.2) is 0 Å². The number of carbonyl (C=O) groups is 5. The first-order valence-electron chi connectivity index (χ1n) is 8.45. The van der Waals surface area contributed by atoms with E-state index in [0.717, 1.165) is 0 Å². The van der Waals surface area contributed by atoms with Crippen LogP contribution in [0.3, 0.4) is 0 Å². The van der Waals surface area contributed by atoms with Crippen molar-refractivity contribution in [3.05, 3.63) is 0 Å². The summed E-state index contributed by atoms with van der Waals surface area (Å²) in [6.45, 7) is 9.42. The molecule has 10 nitrogen and oxygen atoms in total. The van der Waals surface area contributed by atoms with Crippen molar-refractivity contribution in [1.29, 1.82) is 0 Å². The van der Waals surface area contributed by atoms with E-state index < -0.39 is 41.9 Å². The van der Waals surface area contributed by atoms with Crippen LogP contribution in [0.5, 0.6) is 0 Å². The van der Waals surface area contributed by atoms with Crippen LogP contribution in [-0.4, -0.2) is 60.2 Å². The van der Waals surface area contributed by atoms with Crippen molar-refractivity contribution < 1.29 is 24.0 Å². The van der Waals surface area contributed by atoms with Gasteiger partial charge in [-0.1, -0.05) is 0 Å². The second kappa shape index (κ2) is 11.1. The van der Waals surface area contributed by atoms with Gasteiger partial charge >= 0.3 is 0 Å². The van der Waals surface area contributed by atoms with Gasteiger partial charge in [0.05, 0.1) is 0 Å². The third kappa shape index (κ3) is 8.45. The molecule has 5 N–H and O–H groups in total. The van der Waals surface area contributed by atoms with Gasteiger partial charge < -0.3 is 26.6 Å². The third-order valence-electron chi connectivity index (χ3n) is 3.42. The van der Waals surface area contributed by atoms with E-state index in [1.807, 2.05) is 0 Å². The maximum absolute atomic E-state index is 12.1. The highest BCUT2D eigenvalue weighted by atomic mass is 16.2. The van der Waals surface area contributed by atoms with Gasteiger partial charge in [0.1, 0.15) is 24.2 Å². The summed E-state index contributed by atoms with van der Waals surface area (Å²) in [6, 6.07) is -3.33. The van der Waals surface area contributed by atoms with Crippen LogP contribution in [0.1, 0.15) is 41.5 Å². The van der Waals surface area contributed by atoms with Gasteiger partial charge in [0.2, 0.25) is 29.5 Å². The molecule has 0 aromatic carbocycles. The third-order valence-corrected chi connectivity index (χ3v) is 3.42. The molecule has 0 bridgehead atoms. The van der Waals surface area contributed by atoms with Gasteiger partial charge in [0.15, 0.2) is 0 Å². The summed E-state index contributed by atoms with van der Waals surface area (Å²) in [7, 11) is 0. The van der Waals surface area contributed by atoms with Crippen molar-refractivity contribution in [1.82, 2.24) is 26.6 Å². The number of carbonyl (C=O) groups excluding carboxylic acids is 5. The number of likely N-dealkylation sites (N-methyl/N-ethyl adjacent to an activating group) is 1. The summed E-state index contributed by atoms with van der Waals surface area (Å²) in [5.74, 6) is -2.31. The van der Waals surface area contributed by atoms with Crippen LogP contribution in [0.15, 0.2) is 0 Å². The number of amides is 5. The first kappa shape index (κ1) is 23.4. The fraction of sp³-hybridized carbons (Fsp3) is 0.688. The van der Waals surface area contributed by atoms with E-state index in [9.17, 15) is 24.0 Å². The minimum absolute atomic E-state index is 0.327. The molecule has 0 aliphatic heterocycles. The lowest BCUT2D eigenvalue weighted by molar-refractivity contribution is -0.133. The van der Waals surface area contributed by atoms with Crippen LogP contribution < -0.4 is 26.6 Å². The number of hydrogen-bond donors (Lipinski definition) is 5. The molecular weight excluding hydrogens is 342 g/mol. The Morgan fingerprint density at radius 2 is 0.923 bits per heavy atom. The van der Waals surface area contributed by atoms with Crippen molar-refractivity contribution in [2.45, 2.75) is 65.7 Å². The van der Waals surface area contributed by atoms with Crippen LogP contribution in [0.4, 0.5) is 0 Å². The fourth-order valence-corrected chi connectivity index (χ4v) is 1.91. The molecule has 0 rings (SSSR count). The van der Waals surface area contributed by atoms with Crippen molar-refractivity contribution >= 4 is 29.5 Å². The highest BCUT2D eigenvalue weighted by Crippen LogP contribution is 1.92. The van der Waals surface area contributed by atoms with Crippen molar-refractivity contribution in [2.24, 2.45) is 0 Å². The standard InChI is InChI=1S/C16H29N5O5/c1-7-17-13(23)8(2)19-15(25)10(4)21-16(26)11(5)20-14(24)9(3)18-12(6)22/h8-11H,7H2,1-6H3,(H,17,23)(H,18,22)(H,19,25)(H,20,24)(H,21,26)/t8-,9-,10-,11-/m0/s1. The van der Waals surface area contributed by atoms with Gasteiger partial charge in [-0.05, 0) is 34.6 Å². The zero-order chi connectivity index (χ0) is 20.4. The molecule has 0 radical (unpaired) electrons. The van der Waals surface area contributed by atoms with Gasteiger partial charge in [-0.3, -0.25) is 24.0 Å². The topological polar surface area (TPSA) is 146 Å². The lowest BCUT2D eigenvalue weighted by atomic mass is 10.2. The normalized spacial score (nSPS) is 14.8. The Bertz CT molecular complexity index is 551. The largest absolute Gasteiger partial charge is 0.355 e. The van der Waals surface area contributed by atoms with Crippen LogP contribution in [0.2, 0.25) is 0 Å². The first-order valence-corrected chi connectivity index (χ1v) is 8.45. The molecule has 26 heavy (non-hydrogen) atoms. The fourth-order valence-electron chi connectivity index (χ4n) is 1.91. The van der Waals surface area contributed by atoms with E-state index in [1.54, 1.807) is 6.92 Å². The molecular formula is C16H29N5O5. The van der Waals surface area contributed by atoms with Gasteiger partial charge in [0.25, 0.3) is 0 Å². The van der Waals surface area contributed by atoms with Crippen molar-refractivity contribution in [3.63, 3.8) is 0 Å². The average molecular weight is 371 g/mol. The molecule has 0 spiro atoms. The molecule has 0 aliphatic carbocycles. The van der Waals surface area contributed by atoms with Crippen LogP contribution in [0.25, 0.3) is 0 Å². The second-order valence-electron chi connectivity index (χ2n) is 6.01. The summed E-state index contributed by atoms with van der Waals surface area (Å²) in [5.41, 5.74) is 0. The Kier molecular flexibility index (Phi) is 9.93. The Balaban J connectivity index is 4.51. The molecule has 0 heterocycles. The second-order valence-corrected chi connectivity index (χ2v) is 6.01. The first-order chi connectivity index (χ1) is 12.0. The number of nitrogens with one attached hydrogen (secondary N) is 5. The zero-order valence-electron chi connectivity index (χ0n) is 16.1. The molecule has 0 aromatic heterocycles. The molecule has 4 atom stereocenters. The molecule has 10 heteroatoms. The van der Waals surface area contributed by atoms with E-state index in [0.29, 0.717) is 6.54 Å². The van der Waals surface area contributed by atoms with Crippen molar-refractivity contribution in [3.8, 4) is 0 Å². The molecule has 148 valence electrons. The van der Waals surface area contributed by atoms with Crippen LogP contribution >= 0.6 is 0 Å². The van der Waals surface area contributed by atoms with E-state index in [-0.39, 0.29) is 11.8 Å². The van der Waals surface area contributed by atoms with E-state index in [2.05, 4.69) is 26.6 Å². The van der Waals surface area contributed by atoms with E-state index in [1.165, 1.54) is 34.6 Å². The van der Waals surface area contributed by atoms with Crippen LogP contribution in [0, 0.1) is 0 Å². The highest BCUT2D eigenvalue weighted by Gasteiger charge is 2.24. The molecule has 0 fully saturated rings. The lowest BCUT2D eigenvalue weighted by Crippen LogP contribution is -2.56. The smallest absolute Gasteiger partial charge is 0.242 e. The maximum Gasteiger partial charge on any atom is 0.242 e. The van der Waals surface area contributed by atoms with E-state index >= 15 is 0 Å². The summed E-state index contributed by atoms with van der Waals surface area (Å²) >= 11 is 0. The SMILES string of the molecule is CCNC(=O)[C@H](C)NC(=O)[C@H](C)NC(=O)[C@H](C)NC(=O)[C@H](C)NC(C)=O. The number of rotatable bonds is 9. The monoisotopic (exact) mass is 371 g/mol. The summed E-state index contributed by atoms with van der Waals surface area (Å²) < 4.78 is 0. The van der Waals surface area contributed by atoms with Crippen LogP contribution in [-0.2, 0) is 24.0 Å². The quantitative estimate of drug-likeness (QED) is 0.323. The maximum atomic E-state index is 12.1. The molecule has 0 saturated carbocycles. The predicted molar refractivity (Wildman–Crippen MR) is 94.8 cm³/mol. The minimum atomic E-state index is -0.908. The molecule has 0 aliphatic rings. The Morgan fingerprint density at radius 1 is 0.615 bits per heavy atom. The zero-order valence-corrected chi connectivity index (χ0v) is 16.1. The van der Waals surface area contributed by atoms with E-state index in [4.69, 9.17) is 0 Å². The Labute approximate surface area is 153 Å². The molecule has 5 amide bonds. The van der Waals surface area contributed by atoms with Gasteiger partial charge in [-0.2, -0.15) is 0 Å². The molecule has 0 unspecified atom stereocenters. The molecule has 0 aromatic rings. The summed E-state index contributed by atoms with van der Waals surface area (Å²) in [6.07, 6.45) is 0. The minimum Gasteiger partial charge on any atom is -0.355 e. The Morgan fingerprint density at radius 3 is 1.23 bits per heavy atom. The van der Waals surface area contributed by atoms with Gasteiger partial charge in [0, 0.05) is 13.5 Å². The predicted octanol–water partition coefficient (Wildman–Crippen LogP) is -1.84. The Hall–Kier alpha value is -2.65. The highest BCUT2D eigenvalue weighted by molar-refractivity contribution is 5.94. The van der Waals surface area contributed by atoms with Crippen molar-refractivity contribution in [2.75, 3.05) is 6.54 Å². The molecule has 0 saturated heterocycles. The average Bonchev–Trinajstić information content (AvgIpc) is 2.53.